The molecule has 0 aliphatic carbocycles. The van der Waals surface area contributed by atoms with Crippen LogP contribution in [0.15, 0.2) is 24.3 Å². The molecule has 3 fully saturated rings. The third-order valence-electron chi connectivity index (χ3n) is 6.20. The molecule has 2 atom stereocenters. The Morgan fingerprint density at radius 2 is 1.86 bits per heavy atom. The summed E-state index contributed by atoms with van der Waals surface area (Å²) >= 11 is 0. The van der Waals surface area contributed by atoms with Gasteiger partial charge in [-0.05, 0) is 18.6 Å². The molecule has 2 unspecified atom stereocenters. The zero-order valence-corrected chi connectivity index (χ0v) is 17.4. The maximum Gasteiger partial charge on any atom is 0.228 e. The molecule has 29 heavy (non-hydrogen) atoms. The first-order valence-electron chi connectivity index (χ1n) is 10.0. The number of hydrogen-bond donors (Lipinski definition) is 0. The van der Waals surface area contributed by atoms with Crippen molar-refractivity contribution in [3.8, 4) is 5.75 Å². The largest absolute Gasteiger partial charge is 0.495 e. The second-order valence-electron chi connectivity index (χ2n) is 8.00. The van der Waals surface area contributed by atoms with Gasteiger partial charge in [-0.1, -0.05) is 12.1 Å². The second-order valence-corrected chi connectivity index (χ2v) is 10.2. The summed E-state index contributed by atoms with van der Waals surface area (Å²) in [5.41, 5.74) is 0.697. The number of sulfone groups is 1. The monoisotopic (exact) mass is 421 g/mol. The van der Waals surface area contributed by atoms with Gasteiger partial charge in [0.25, 0.3) is 0 Å². The minimum absolute atomic E-state index is 0.00874. The lowest BCUT2D eigenvalue weighted by Gasteiger charge is -2.38. The van der Waals surface area contributed by atoms with Crippen LogP contribution in [0.4, 0.5) is 5.69 Å². The van der Waals surface area contributed by atoms with Crippen LogP contribution in [0.5, 0.6) is 5.75 Å². The summed E-state index contributed by atoms with van der Waals surface area (Å²) < 4.78 is 28.8. The first kappa shape index (κ1) is 20.2. The zero-order chi connectivity index (χ0) is 20.6. The molecular formula is C20H27N3O5S. The number of nitrogens with zero attached hydrogens (tertiary/aromatic N) is 3. The standard InChI is InChI=1S/C20H27N3O5S/c1-28-18-5-3-2-4-17(18)23-13-15(12-19(23)24)20(25)22-9-7-21(8-10-22)16-6-11-29(26,27)14-16/h2-5,15-16H,6-14H2,1H3. The van der Waals surface area contributed by atoms with Crippen molar-refractivity contribution in [2.24, 2.45) is 5.92 Å². The number of para-hydroxylation sites is 2. The van der Waals surface area contributed by atoms with Crippen molar-refractivity contribution in [1.82, 2.24) is 9.80 Å². The van der Waals surface area contributed by atoms with E-state index >= 15 is 0 Å². The van der Waals surface area contributed by atoms with Gasteiger partial charge in [0.05, 0.1) is 30.2 Å². The van der Waals surface area contributed by atoms with Gasteiger partial charge in [-0.25, -0.2) is 8.42 Å². The fourth-order valence-electron chi connectivity index (χ4n) is 4.59. The van der Waals surface area contributed by atoms with Gasteiger partial charge in [0, 0.05) is 45.2 Å². The van der Waals surface area contributed by atoms with Gasteiger partial charge in [0.1, 0.15) is 5.75 Å². The molecule has 0 N–H and O–H groups in total. The topological polar surface area (TPSA) is 87.2 Å². The Balaban J connectivity index is 1.36. The molecule has 0 aromatic heterocycles. The van der Waals surface area contributed by atoms with Crippen LogP contribution >= 0.6 is 0 Å². The number of anilines is 1. The van der Waals surface area contributed by atoms with Crippen molar-refractivity contribution < 1.29 is 22.7 Å². The van der Waals surface area contributed by atoms with Crippen molar-refractivity contribution in [2.75, 3.05) is 56.2 Å². The molecular weight excluding hydrogens is 394 g/mol. The van der Waals surface area contributed by atoms with Gasteiger partial charge >= 0.3 is 0 Å². The van der Waals surface area contributed by atoms with Crippen LogP contribution in [0, 0.1) is 5.92 Å². The molecule has 4 rings (SSSR count). The third kappa shape index (κ3) is 4.11. The van der Waals surface area contributed by atoms with E-state index in [2.05, 4.69) is 4.90 Å². The lowest BCUT2D eigenvalue weighted by molar-refractivity contribution is -0.137. The Kier molecular flexibility index (Phi) is 5.52. The van der Waals surface area contributed by atoms with E-state index in [1.165, 1.54) is 0 Å². The molecule has 1 aromatic rings. The first-order valence-corrected chi connectivity index (χ1v) is 11.9. The predicted molar refractivity (Wildman–Crippen MR) is 109 cm³/mol. The normalized spacial score (nSPS) is 27.4. The van der Waals surface area contributed by atoms with Gasteiger partial charge in [-0.15, -0.1) is 0 Å². The molecule has 2 amide bonds. The molecule has 3 heterocycles. The molecule has 9 heteroatoms. The molecule has 8 nitrogen and oxygen atoms in total. The van der Waals surface area contributed by atoms with Gasteiger partial charge in [-0.2, -0.15) is 0 Å². The number of hydrogen-bond acceptors (Lipinski definition) is 6. The number of benzene rings is 1. The number of amides is 2. The molecule has 0 spiro atoms. The minimum atomic E-state index is -2.91. The van der Waals surface area contributed by atoms with E-state index in [1.807, 2.05) is 23.1 Å². The Bertz CT molecular complexity index is 895. The number of carbonyl (C=O) groups excluding carboxylic acids is 2. The van der Waals surface area contributed by atoms with E-state index in [0.717, 1.165) is 0 Å². The number of methoxy groups -OCH3 is 1. The van der Waals surface area contributed by atoms with Crippen molar-refractivity contribution in [3.05, 3.63) is 24.3 Å². The fourth-order valence-corrected chi connectivity index (χ4v) is 6.35. The molecule has 0 bridgehead atoms. The quantitative estimate of drug-likeness (QED) is 0.699. The Morgan fingerprint density at radius 1 is 1.14 bits per heavy atom. The molecule has 3 saturated heterocycles. The van der Waals surface area contributed by atoms with Gasteiger partial charge in [-0.3, -0.25) is 14.5 Å². The summed E-state index contributed by atoms with van der Waals surface area (Å²) in [5, 5.41) is 0. The smallest absolute Gasteiger partial charge is 0.228 e. The van der Waals surface area contributed by atoms with E-state index in [1.54, 1.807) is 18.1 Å². The Labute approximate surface area is 171 Å². The average Bonchev–Trinajstić information content (AvgIpc) is 3.29. The Hall–Kier alpha value is -2.13. The summed E-state index contributed by atoms with van der Waals surface area (Å²) in [6, 6.07) is 7.41. The van der Waals surface area contributed by atoms with Crippen molar-refractivity contribution in [2.45, 2.75) is 18.9 Å². The van der Waals surface area contributed by atoms with E-state index in [0.29, 0.717) is 50.6 Å². The molecule has 158 valence electrons. The highest BCUT2D eigenvalue weighted by molar-refractivity contribution is 7.91. The molecule has 0 radical (unpaired) electrons. The highest BCUT2D eigenvalue weighted by atomic mass is 32.2. The van der Waals surface area contributed by atoms with Crippen LogP contribution in [-0.2, 0) is 19.4 Å². The van der Waals surface area contributed by atoms with E-state index < -0.39 is 9.84 Å². The number of carbonyl (C=O) groups is 2. The molecule has 1 aromatic carbocycles. The van der Waals surface area contributed by atoms with Gasteiger partial charge < -0.3 is 14.5 Å². The van der Waals surface area contributed by atoms with Crippen LogP contribution in [0.1, 0.15) is 12.8 Å². The second kappa shape index (κ2) is 7.95. The minimum Gasteiger partial charge on any atom is -0.495 e. The van der Waals surface area contributed by atoms with E-state index in [-0.39, 0.29) is 41.7 Å². The van der Waals surface area contributed by atoms with Crippen LogP contribution in [0.2, 0.25) is 0 Å². The summed E-state index contributed by atoms with van der Waals surface area (Å²) in [6.45, 7) is 2.88. The summed E-state index contributed by atoms with van der Waals surface area (Å²) in [4.78, 5) is 31.2. The highest BCUT2D eigenvalue weighted by Crippen LogP contribution is 2.33. The van der Waals surface area contributed by atoms with Crippen LogP contribution < -0.4 is 9.64 Å². The van der Waals surface area contributed by atoms with Crippen molar-refractivity contribution in [3.63, 3.8) is 0 Å². The number of piperazine rings is 1. The summed E-state index contributed by atoms with van der Waals surface area (Å²) in [6.07, 6.45) is 0.888. The van der Waals surface area contributed by atoms with Gasteiger partial charge in [0.2, 0.25) is 11.8 Å². The van der Waals surface area contributed by atoms with Crippen molar-refractivity contribution in [1.29, 1.82) is 0 Å². The van der Waals surface area contributed by atoms with E-state index in [9.17, 15) is 18.0 Å². The lowest BCUT2D eigenvalue weighted by Crippen LogP contribution is -2.53. The average molecular weight is 422 g/mol. The molecule has 3 aliphatic heterocycles. The zero-order valence-electron chi connectivity index (χ0n) is 16.6. The van der Waals surface area contributed by atoms with Crippen molar-refractivity contribution >= 4 is 27.3 Å². The fraction of sp³-hybridized carbons (Fsp3) is 0.600. The summed E-state index contributed by atoms with van der Waals surface area (Å²) in [7, 11) is -1.34. The SMILES string of the molecule is COc1ccccc1N1CC(C(=O)N2CCN(C3CCS(=O)(=O)C3)CC2)CC1=O. The third-order valence-corrected chi connectivity index (χ3v) is 7.95. The molecule has 3 aliphatic rings. The van der Waals surface area contributed by atoms with Gasteiger partial charge in [0.15, 0.2) is 9.84 Å². The number of ether oxygens (including phenoxy) is 1. The first-order chi connectivity index (χ1) is 13.9. The van der Waals surface area contributed by atoms with Crippen LogP contribution in [-0.4, -0.2) is 87.4 Å². The Morgan fingerprint density at radius 3 is 2.52 bits per heavy atom. The molecule has 0 saturated carbocycles. The van der Waals surface area contributed by atoms with E-state index in [4.69, 9.17) is 4.74 Å². The van der Waals surface area contributed by atoms with Crippen LogP contribution in [0.3, 0.4) is 0 Å². The maximum atomic E-state index is 13.0. The number of rotatable bonds is 4. The highest BCUT2D eigenvalue weighted by Gasteiger charge is 2.40. The maximum absolute atomic E-state index is 13.0. The predicted octanol–water partition coefficient (Wildman–Crippen LogP) is 0.379. The summed E-state index contributed by atoms with van der Waals surface area (Å²) in [5.74, 6) is 0.697. The van der Waals surface area contributed by atoms with Crippen LogP contribution in [0.25, 0.3) is 0 Å². The lowest BCUT2D eigenvalue weighted by atomic mass is 10.1.